The Morgan fingerprint density at radius 2 is 1.04 bits per heavy atom. The molecule has 0 aliphatic carbocycles. The van der Waals surface area contributed by atoms with Gasteiger partial charge in [0.1, 0.15) is 17.3 Å². The fourth-order valence-electron chi connectivity index (χ4n) is 2.73. The maximum Gasteiger partial charge on any atom is 0.142 e. The number of carbonyl (C=O) groups excluding carboxylic acids is 3. The number of Topliss-reactive ketones (excluding diaryl/α,β-unsaturated/α-hetero) is 3. The summed E-state index contributed by atoms with van der Waals surface area (Å²) in [6.07, 6.45) is 12.7. The average Bonchev–Trinajstić information content (AvgIpc) is 2.65. The third kappa shape index (κ3) is 20.3. The van der Waals surface area contributed by atoms with E-state index in [1.165, 1.54) is 32.1 Å². The van der Waals surface area contributed by atoms with Crippen LogP contribution in [0.4, 0.5) is 0 Å². The van der Waals surface area contributed by atoms with Crippen molar-refractivity contribution in [3.05, 3.63) is 0 Å². The summed E-state index contributed by atoms with van der Waals surface area (Å²) in [6, 6.07) is 0. The predicted molar refractivity (Wildman–Crippen MR) is 121 cm³/mol. The van der Waals surface area contributed by atoms with Gasteiger partial charge in [0, 0.05) is 31.4 Å². The van der Waals surface area contributed by atoms with Gasteiger partial charge in [-0.1, -0.05) is 52.4 Å². The smallest absolute Gasteiger partial charge is 0.142 e. The normalized spacial score (nSPS) is 10.9. The van der Waals surface area contributed by atoms with Gasteiger partial charge in [-0.15, -0.1) is 0 Å². The second-order valence-corrected chi connectivity index (χ2v) is 9.41. The molecule has 0 N–H and O–H groups in total. The summed E-state index contributed by atoms with van der Waals surface area (Å²) in [4.78, 5) is 35.3. The molecular weight excluding hydrogens is 376 g/mol. The molecule has 0 heterocycles. The van der Waals surface area contributed by atoms with Gasteiger partial charge < -0.3 is 0 Å². The number of hydrogen-bond donors (Lipinski definition) is 0. The minimum atomic E-state index is 0.202. The molecule has 0 radical (unpaired) electrons. The van der Waals surface area contributed by atoms with Crippen LogP contribution < -0.4 is 0 Å². The van der Waals surface area contributed by atoms with Crippen LogP contribution in [0.3, 0.4) is 0 Å². The zero-order valence-corrected chi connectivity index (χ0v) is 19.2. The van der Waals surface area contributed by atoms with Crippen LogP contribution in [0.1, 0.15) is 97.3 Å². The molecule has 0 amide bonds. The Balaban J connectivity index is 3.43. The maximum absolute atomic E-state index is 11.8. The Labute approximate surface area is 175 Å². The topological polar surface area (TPSA) is 51.2 Å². The van der Waals surface area contributed by atoms with Crippen molar-refractivity contribution in [1.82, 2.24) is 0 Å². The molecule has 0 unspecified atom stereocenters. The van der Waals surface area contributed by atoms with E-state index in [0.29, 0.717) is 49.4 Å². The van der Waals surface area contributed by atoms with Crippen molar-refractivity contribution in [3.8, 4) is 0 Å². The zero-order chi connectivity index (χ0) is 20.2. The van der Waals surface area contributed by atoms with E-state index in [9.17, 15) is 14.4 Å². The van der Waals surface area contributed by atoms with Crippen LogP contribution in [-0.2, 0) is 14.4 Å². The van der Waals surface area contributed by atoms with E-state index >= 15 is 0 Å². The largest absolute Gasteiger partial charge is 0.300 e. The minimum Gasteiger partial charge on any atom is -0.300 e. The van der Waals surface area contributed by atoms with E-state index in [1.807, 2.05) is 0 Å². The number of unbranched alkanes of at least 4 members (excludes halogenated alkanes) is 6. The minimum absolute atomic E-state index is 0.202. The lowest BCUT2D eigenvalue weighted by molar-refractivity contribution is -0.119. The second-order valence-electron chi connectivity index (χ2n) is 7.20. The van der Waals surface area contributed by atoms with E-state index in [0.717, 1.165) is 30.8 Å². The third-order valence-corrected chi connectivity index (χ3v) is 6.61. The van der Waals surface area contributed by atoms with E-state index in [2.05, 4.69) is 13.8 Å². The van der Waals surface area contributed by atoms with Gasteiger partial charge in [-0.2, -0.15) is 23.5 Å². The van der Waals surface area contributed by atoms with Gasteiger partial charge in [0.05, 0.1) is 11.5 Å². The van der Waals surface area contributed by atoms with Crippen molar-refractivity contribution in [2.75, 3.05) is 23.0 Å². The Morgan fingerprint density at radius 3 is 1.63 bits per heavy atom. The first kappa shape index (κ1) is 26.7. The zero-order valence-electron chi connectivity index (χ0n) is 17.6. The van der Waals surface area contributed by atoms with Crippen LogP contribution >= 0.6 is 23.5 Å². The molecule has 0 saturated carbocycles. The molecule has 3 nitrogen and oxygen atoms in total. The molecule has 0 bridgehead atoms. The van der Waals surface area contributed by atoms with Crippen molar-refractivity contribution < 1.29 is 14.4 Å². The Kier molecular flexibility index (Phi) is 20.2. The molecule has 158 valence electrons. The van der Waals surface area contributed by atoms with Crippen LogP contribution in [-0.4, -0.2) is 40.4 Å². The van der Waals surface area contributed by atoms with E-state index in [4.69, 9.17) is 0 Å². The molecule has 0 spiro atoms. The highest BCUT2D eigenvalue weighted by Gasteiger charge is 2.07. The van der Waals surface area contributed by atoms with Crippen molar-refractivity contribution in [1.29, 1.82) is 0 Å². The van der Waals surface area contributed by atoms with Gasteiger partial charge in [-0.3, -0.25) is 14.4 Å². The van der Waals surface area contributed by atoms with Gasteiger partial charge in [0.15, 0.2) is 0 Å². The molecule has 0 aromatic rings. The molecule has 0 fully saturated rings. The van der Waals surface area contributed by atoms with Gasteiger partial charge in [-0.05, 0) is 25.0 Å². The standard InChI is InChI=1S/C22H40O3S2/c1-3-5-6-7-8-9-10-12-20(23)15-17-27-19-22(25)14-11-13-21(24)18-26-16-4-2/h3-19H2,1-2H3. The summed E-state index contributed by atoms with van der Waals surface area (Å²) >= 11 is 3.24. The van der Waals surface area contributed by atoms with Gasteiger partial charge in [0.25, 0.3) is 0 Å². The van der Waals surface area contributed by atoms with Gasteiger partial charge in [0.2, 0.25) is 0 Å². The molecule has 0 atom stereocenters. The molecule has 0 saturated heterocycles. The van der Waals surface area contributed by atoms with Crippen LogP contribution in [0, 0.1) is 0 Å². The monoisotopic (exact) mass is 416 g/mol. The summed E-state index contributed by atoms with van der Waals surface area (Å²) in [6.45, 7) is 4.33. The first-order valence-corrected chi connectivity index (χ1v) is 13.1. The number of ketones is 3. The highest BCUT2D eigenvalue weighted by atomic mass is 32.2. The third-order valence-electron chi connectivity index (χ3n) is 4.37. The number of hydrogen-bond acceptors (Lipinski definition) is 5. The molecular formula is C22H40O3S2. The number of carbonyl (C=O) groups is 3. The Hall–Kier alpha value is -0.290. The van der Waals surface area contributed by atoms with Gasteiger partial charge in [-0.25, -0.2) is 0 Å². The maximum atomic E-state index is 11.8. The van der Waals surface area contributed by atoms with E-state index in [1.54, 1.807) is 23.5 Å². The SMILES string of the molecule is CCCCCCCCCC(=O)CCSCC(=O)CCCC(=O)CSCCC. The lowest BCUT2D eigenvalue weighted by atomic mass is 10.1. The molecule has 27 heavy (non-hydrogen) atoms. The van der Waals surface area contributed by atoms with Crippen LogP contribution in [0.5, 0.6) is 0 Å². The summed E-state index contributed by atoms with van der Waals surface area (Å²) in [5.74, 6) is 3.62. The summed E-state index contributed by atoms with van der Waals surface area (Å²) in [5.41, 5.74) is 0. The fraction of sp³-hybridized carbons (Fsp3) is 0.864. The summed E-state index contributed by atoms with van der Waals surface area (Å²) in [5, 5.41) is 0. The van der Waals surface area contributed by atoms with Crippen molar-refractivity contribution >= 4 is 40.9 Å². The Bertz CT molecular complexity index is 397. The number of thioether (sulfide) groups is 2. The molecule has 0 aromatic carbocycles. The highest BCUT2D eigenvalue weighted by Crippen LogP contribution is 2.12. The highest BCUT2D eigenvalue weighted by molar-refractivity contribution is 8.00. The summed E-state index contributed by atoms with van der Waals surface area (Å²) in [7, 11) is 0. The predicted octanol–water partition coefficient (Wildman–Crippen LogP) is 6.27. The number of rotatable bonds is 21. The van der Waals surface area contributed by atoms with Gasteiger partial charge >= 0.3 is 0 Å². The van der Waals surface area contributed by atoms with E-state index in [-0.39, 0.29) is 11.6 Å². The second kappa shape index (κ2) is 20.4. The average molecular weight is 417 g/mol. The van der Waals surface area contributed by atoms with Crippen LogP contribution in [0.25, 0.3) is 0 Å². The fourth-order valence-corrected chi connectivity index (χ4v) is 4.43. The molecule has 0 aliphatic rings. The van der Waals surface area contributed by atoms with Crippen LogP contribution in [0.2, 0.25) is 0 Å². The molecule has 0 rings (SSSR count). The lowest BCUT2D eigenvalue weighted by Gasteiger charge is -2.03. The first-order chi connectivity index (χ1) is 13.1. The molecule has 0 aliphatic heterocycles. The molecule has 0 aromatic heterocycles. The van der Waals surface area contributed by atoms with E-state index < -0.39 is 0 Å². The Morgan fingerprint density at radius 1 is 0.519 bits per heavy atom. The van der Waals surface area contributed by atoms with Crippen molar-refractivity contribution in [2.45, 2.75) is 97.3 Å². The first-order valence-electron chi connectivity index (χ1n) is 10.8. The van der Waals surface area contributed by atoms with Crippen molar-refractivity contribution in [3.63, 3.8) is 0 Å². The van der Waals surface area contributed by atoms with Crippen LogP contribution in [0.15, 0.2) is 0 Å². The molecule has 5 heteroatoms. The quantitative estimate of drug-likeness (QED) is 0.206. The van der Waals surface area contributed by atoms with Crippen molar-refractivity contribution in [2.24, 2.45) is 0 Å². The lowest BCUT2D eigenvalue weighted by Crippen LogP contribution is -2.07. The summed E-state index contributed by atoms with van der Waals surface area (Å²) < 4.78 is 0.